The van der Waals surface area contributed by atoms with Crippen molar-refractivity contribution in [1.29, 1.82) is 0 Å². The minimum Gasteiger partial charge on any atom is -0.497 e. The maximum atomic E-state index is 12.4. The van der Waals surface area contributed by atoms with E-state index in [0.29, 0.717) is 29.2 Å². The van der Waals surface area contributed by atoms with Crippen LogP contribution in [0.2, 0.25) is 0 Å². The number of nitrogens with one attached hydrogen (secondary N) is 2. The summed E-state index contributed by atoms with van der Waals surface area (Å²) in [6.07, 6.45) is 2.02. The molecule has 2 aromatic rings. The molecule has 1 atom stereocenters. The van der Waals surface area contributed by atoms with E-state index in [-0.39, 0.29) is 6.10 Å². The highest BCUT2D eigenvalue weighted by Gasteiger charge is 2.18. The van der Waals surface area contributed by atoms with Crippen molar-refractivity contribution in [3.63, 3.8) is 0 Å². The first kappa shape index (κ1) is 18.7. The molecule has 3 rings (SSSR count). The predicted molar refractivity (Wildman–Crippen MR) is 98.8 cm³/mol. The summed E-state index contributed by atoms with van der Waals surface area (Å²) in [6, 6.07) is 13.4. The van der Waals surface area contributed by atoms with E-state index in [2.05, 4.69) is 10.9 Å². The predicted octanol–water partition coefficient (Wildman–Crippen LogP) is 2.33. The molecule has 1 aliphatic heterocycles. The number of carbonyl (C=O) groups excluding carboxylic acids is 2. The molecule has 7 nitrogen and oxygen atoms in total. The number of carbonyl (C=O) groups is 2. The SMILES string of the molecule is COc1ccc(C(=O)NNC(=O)c2ccccc2OCC2CCCO2)cc1. The Morgan fingerprint density at radius 2 is 1.81 bits per heavy atom. The number of hydrogen-bond donors (Lipinski definition) is 2. The second-order valence-corrected chi connectivity index (χ2v) is 6.08. The summed E-state index contributed by atoms with van der Waals surface area (Å²) >= 11 is 0. The molecular formula is C20H22N2O5. The topological polar surface area (TPSA) is 85.9 Å². The van der Waals surface area contributed by atoms with Crippen molar-refractivity contribution >= 4 is 11.8 Å². The molecule has 7 heteroatoms. The quantitative estimate of drug-likeness (QED) is 0.763. The fourth-order valence-corrected chi connectivity index (χ4v) is 2.73. The largest absolute Gasteiger partial charge is 0.497 e. The number of rotatable bonds is 6. The van der Waals surface area contributed by atoms with E-state index in [1.165, 1.54) is 0 Å². The summed E-state index contributed by atoms with van der Waals surface area (Å²) < 4.78 is 16.3. The first-order valence-electron chi connectivity index (χ1n) is 8.75. The van der Waals surface area contributed by atoms with Gasteiger partial charge in [0.25, 0.3) is 11.8 Å². The van der Waals surface area contributed by atoms with Gasteiger partial charge < -0.3 is 14.2 Å². The summed E-state index contributed by atoms with van der Waals surface area (Å²) in [7, 11) is 1.55. The first-order valence-corrected chi connectivity index (χ1v) is 8.75. The molecule has 1 heterocycles. The van der Waals surface area contributed by atoms with Gasteiger partial charge in [-0.3, -0.25) is 20.4 Å². The Hall–Kier alpha value is -3.06. The summed E-state index contributed by atoms with van der Waals surface area (Å²) in [4.78, 5) is 24.6. The van der Waals surface area contributed by atoms with Gasteiger partial charge in [0.15, 0.2) is 0 Å². The van der Waals surface area contributed by atoms with Crippen molar-refractivity contribution < 1.29 is 23.8 Å². The molecule has 2 N–H and O–H groups in total. The lowest BCUT2D eigenvalue weighted by molar-refractivity contribution is 0.0669. The lowest BCUT2D eigenvalue weighted by Gasteiger charge is -2.14. The third-order valence-corrected chi connectivity index (χ3v) is 4.22. The van der Waals surface area contributed by atoms with Crippen molar-refractivity contribution in [1.82, 2.24) is 10.9 Å². The molecule has 0 saturated carbocycles. The van der Waals surface area contributed by atoms with Crippen LogP contribution in [0.15, 0.2) is 48.5 Å². The maximum Gasteiger partial charge on any atom is 0.273 e. The number of para-hydroxylation sites is 1. The van der Waals surface area contributed by atoms with Crippen molar-refractivity contribution in [2.45, 2.75) is 18.9 Å². The first-order chi connectivity index (χ1) is 13.2. The van der Waals surface area contributed by atoms with Gasteiger partial charge in [0, 0.05) is 12.2 Å². The lowest BCUT2D eigenvalue weighted by atomic mass is 10.2. The van der Waals surface area contributed by atoms with E-state index in [4.69, 9.17) is 14.2 Å². The number of amides is 2. The average Bonchev–Trinajstić information content (AvgIpc) is 3.24. The molecule has 0 aromatic heterocycles. The number of benzene rings is 2. The zero-order chi connectivity index (χ0) is 19.1. The minimum atomic E-state index is -0.459. The van der Waals surface area contributed by atoms with Crippen LogP contribution in [-0.4, -0.2) is 38.2 Å². The Morgan fingerprint density at radius 1 is 1.07 bits per heavy atom. The van der Waals surface area contributed by atoms with Crippen LogP contribution in [0.4, 0.5) is 0 Å². The molecule has 0 radical (unpaired) electrons. The van der Waals surface area contributed by atoms with Gasteiger partial charge in [-0.2, -0.15) is 0 Å². The number of ether oxygens (including phenoxy) is 3. The van der Waals surface area contributed by atoms with Gasteiger partial charge in [-0.25, -0.2) is 0 Å². The standard InChI is InChI=1S/C20H22N2O5/c1-25-15-10-8-14(9-11-15)19(23)21-22-20(24)17-6-2-3-7-18(17)27-13-16-5-4-12-26-16/h2-3,6-11,16H,4-5,12-13H2,1H3,(H,21,23)(H,22,24). The van der Waals surface area contributed by atoms with E-state index >= 15 is 0 Å². The van der Waals surface area contributed by atoms with Crippen molar-refractivity contribution in [3.05, 3.63) is 59.7 Å². The van der Waals surface area contributed by atoms with Crippen LogP contribution < -0.4 is 20.3 Å². The molecule has 1 aliphatic rings. The number of methoxy groups -OCH3 is 1. The van der Waals surface area contributed by atoms with Crippen LogP contribution in [0.3, 0.4) is 0 Å². The van der Waals surface area contributed by atoms with Crippen LogP contribution in [0.1, 0.15) is 33.6 Å². The van der Waals surface area contributed by atoms with Gasteiger partial charge in [0.05, 0.1) is 18.8 Å². The summed E-state index contributed by atoms with van der Waals surface area (Å²) in [5.41, 5.74) is 5.55. The van der Waals surface area contributed by atoms with Crippen LogP contribution in [0.25, 0.3) is 0 Å². The monoisotopic (exact) mass is 370 g/mol. The summed E-state index contributed by atoms with van der Waals surface area (Å²) in [5, 5.41) is 0. The molecule has 2 aromatic carbocycles. The van der Waals surface area contributed by atoms with E-state index in [9.17, 15) is 9.59 Å². The minimum absolute atomic E-state index is 0.0518. The van der Waals surface area contributed by atoms with Crippen LogP contribution in [-0.2, 0) is 4.74 Å². The molecule has 0 aliphatic carbocycles. The zero-order valence-corrected chi connectivity index (χ0v) is 15.1. The van der Waals surface area contributed by atoms with E-state index in [0.717, 1.165) is 19.4 Å². The highest BCUT2D eigenvalue weighted by molar-refractivity contribution is 6.00. The molecule has 27 heavy (non-hydrogen) atoms. The van der Waals surface area contributed by atoms with Gasteiger partial charge >= 0.3 is 0 Å². The lowest BCUT2D eigenvalue weighted by Crippen LogP contribution is -2.41. The summed E-state index contributed by atoms with van der Waals surface area (Å²) in [6.45, 7) is 1.13. The van der Waals surface area contributed by atoms with E-state index < -0.39 is 11.8 Å². The maximum absolute atomic E-state index is 12.4. The van der Waals surface area contributed by atoms with Gasteiger partial charge in [-0.05, 0) is 49.2 Å². The molecular weight excluding hydrogens is 348 g/mol. The number of hydrogen-bond acceptors (Lipinski definition) is 5. The second-order valence-electron chi connectivity index (χ2n) is 6.08. The van der Waals surface area contributed by atoms with E-state index in [1.54, 1.807) is 55.6 Å². The molecule has 1 saturated heterocycles. The fraction of sp³-hybridized carbons (Fsp3) is 0.300. The smallest absolute Gasteiger partial charge is 0.273 e. The Kier molecular flexibility index (Phi) is 6.27. The highest BCUT2D eigenvalue weighted by atomic mass is 16.5. The average molecular weight is 370 g/mol. The Bertz CT molecular complexity index is 785. The van der Waals surface area contributed by atoms with Crippen molar-refractivity contribution in [2.24, 2.45) is 0 Å². The Balaban J connectivity index is 1.57. The molecule has 142 valence electrons. The second kappa shape index (κ2) is 9.05. The van der Waals surface area contributed by atoms with Crippen LogP contribution in [0, 0.1) is 0 Å². The van der Waals surface area contributed by atoms with Crippen molar-refractivity contribution in [3.8, 4) is 11.5 Å². The normalized spacial score (nSPS) is 15.8. The van der Waals surface area contributed by atoms with Gasteiger partial charge in [0.1, 0.15) is 18.1 Å². The molecule has 0 bridgehead atoms. The highest BCUT2D eigenvalue weighted by Crippen LogP contribution is 2.20. The summed E-state index contributed by atoms with van der Waals surface area (Å²) in [5.74, 6) is 0.209. The van der Waals surface area contributed by atoms with Crippen LogP contribution >= 0.6 is 0 Å². The Morgan fingerprint density at radius 3 is 2.52 bits per heavy atom. The van der Waals surface area contributed by atoms with Gasteiger partial charge in [-0.15, -0.1) is 0 Å². The third-order valence-electron chi connectivity index (χ3n) is 4.22. The van der Waals surface area contributed by atoms with Gasteiger partial charge in [0.2, 0.25) is 0 Å². The van der Waals surface area contributed by atoms with E-state index in [1.807, 2.05) is 0 Å². The molecule has 0 spiro atoms. The molecule has 1 fully saturated rings. The fourth-order valence-electron chi connectivity index (χ4n) is 2.73. The third kappa shape index (κ3) is 4.98. The van der Waals surface area contributed by atoms with Crippen molar-refractivity contribution in [2.75, 3.05) is 20.3 Å². The number of hydrazine groups is 1. The Labute approximate surface area is 157 Å². The molecule has 1 unspecified atom stereocenters. The zero-order valence-electron chi connectivity index (χ0n) is 15.1. The van der Waals surface area contributed by atoms with Gasteiger partial charge in [-0.1, -0.05) is 12.1 Å². The van der Waals surface area contributed by atoms with Crippen LogP contribution in [0.5, 0.6) is 11.5 Å². The molecule has 2 amide bonds.